The lowest BCUT2D eigenvalue weighted by atomic mass is 9.97. The SMILES string of the molecule is C[C@@H](NC(=O)[C@H](CCCN=C(N)N)NCCOc1ccc(-c2c(C#N)c(N)nc(SCc3csc(-c4ccc(Cl)cc4)n3)c2C#N)cc1)C(=O)O.Cl.Cl. The van der Waals surface area contributed by atoms with Gasteiger partial charge in [0.25, 0.3) is 0 Å². The predicted octanol–water partition coefficient (Wildman–Crippen LogP) is 4.97. The fourth-order valence-corrected chi connectivity index (χ4v) is 6.70. The topological polar surface area (TPSA) is 251 Å². The molecule has 1 amide bonds. The van der Waals surface area contributed by atoms with Crippen LogP contribution >= 0.6 is 59.5 Å². The van der Waals surface area contributed by atoms with Crippen molar-refractivity contribution in [2.75, 3.05) is 25.4 Å². The van der Waals surface area contributed by atoms with Gasteiger partial charge in [-0.1, -0.05) is 47.6 Å². The number of carbonyl (C=O) groups excluding carboxylic acids is 1. The molecule has 4 rings (SSSR count). The van der Waals surface area contributed by atoms with E-state index >= 15 is 0 Å². The van der Waals surface area contributed by atoms with Crippen molar-refractivity contribution in [3.8, 4) is 39.6 Å². The van der Waals surface area contributed by atoms with Crippen molar-refractivity contribution < 1.29 is 19.4 Å². The van der Waals surface area contributed by atoms with Crippen LogP contribution in [-0.4, -0.2) is 64.7 Å². The number of aliphatic carboxylic acids is 1. The monoisotopic (exact) mass is 818 g/mol. The molecule has 0 aliphatic rings. The van der Waals surface area contributed by atoms with Gasteiger partial charge in [0.05, 0.1) is 17.3 Å². The highest BCUT2D eigenvalue weighted by atomic mass is 35.5. The highest BCUT2D eigenvalue weighted by molar-refractivity contribution is 7.98. The first kappa shape index (κ1) is 44.4. The Labute approximate surface area is 332 Å². The zero-order valence-electron chi connectivity index (χ0n) is 28.2. The first-order chi connectivity index (χ1) is 24.5. The number of halogens is 3. The first-order valence-corrected chi connectivity index (χ1v) is 17.8. The second-order valence-corrected chi connectivity index (χ2v) is 13.2. The van der Waals surface area contributed by atoms with Crippen LogP contribution in [0.15, 0.2) is 63.9 Å². The number of carboxylic acid groups (broad SMARTS) is 1. The van der Waals surface area contributed by atoms with E-state index in [9.17, 15) is 20.1 Å². The minimum atomic E-state index is -1.15. The number of aromatic nitrogens is 2. The van der Waals surface area contributed by atoms with Crippen molar-refractivity contribution in [3.63, 3.8) is 0 Å². The normalized spacial score (nSPS) is 11.4. The predicted molar refractivity (Wildman–Crippen MR) is 213 cm³/mol. The van der Waals surface area contributed by atoms with Crippen LogP contribution in [0.3, 0.4) is 0 Å². The number of anilines is 1. The quantitative estimate of drug-likeness (QED) is 0.0357. The number of nitrogens with two attached hydrogens (primary N) is 3. The molecule has 9 N–H and O–H groups in total. The van der Waals surface area contributed by atoms with E-state index in [1.165, 1.54) is 30.0 Å². The van der Waals surface area contributed by atoms with E-state index in [-0.39, 0.29) is 60.9 Å². The maximum absolute atomic E-state index is 12.7. The Bertz CT molecular complexity index is 1960. The number of nitriles is 2. The molecule has 0 saturated heterocycles. The fourth-order valence-electron chi connectivity index (χ4n) is 4.76. The summed E-state index contributed by atoms with van der Waals surface area (Å²) in [6, 6.07) is 16.8. The van der Waals surface area contributed by atoms with Gasteiger partial charge in [0, 0.05) is 40.4 Å². The molecular formula is C34H37Cl3N10O4S2. The van der Waals surface area contributed by atoms with Gasteiger partial charge >= 0.3 is 5.97 Å². The maximum atomic E-state index is 12.7. The zero-order chi connectivity index (χ0) is 36.9. The van der Waals surface area contributed by atoms with E-state index in [1.54, 1.807) is 36.4 Å². The van der Waals surface area contributed by atoms with Crippen LogP contribution in [0.4, 0.5) is 5.82 Å². The molecule has 4 aromatic rings. The van der Waals surface area contributed by atoms with Crippen molar-refractivity contribution >= 4 is 83.2 Å². The molecule has 0 aliphatic carbocycles. The van der Waals surface area contributed by atoms with E-state index in [4.69, 9.17) is 43.6 Å². The van der Waals surface area contributed by atoms with E-state index in [0.717, 1.165) is 16.3 Å². The molecule has 14 nitrogen and oxygen atoms in total. The number of ether oxygens (including phenoxy) is 1. The number of hydrogen-bond acceptors (Lipinski definition) is 12. The molecule has 2 atom stereocenters. The summed E-state index contributed by atoms with van der Waals surface area (Å²) < 4.78 is 5.86. The summed E-state index contributed by atoms with van der Waals surface area (Å²) in [5.41, 5.74) is 20.0. The van der Waals surface area contributed by atoms with E-state index in [2.05, 4.69) is 32.7 Å². The number of pyridine rings is 1. The number of thiazole rings is 1. The molecule has 0 unspecified atom stereocenters. The number of nitrogens with one attached hydrogen (secondary N) is 2. The van der Waals surface area contributed by atoms with Gasteiger partial charge in [0.1, 0.15) is 52.0 Å². The summed E-state index contributed by atoms with van der Waals surface area (Å²) in [6.45, 7) is 2.14. The summed E-state index contributed by atoms with van der Waals surface area (Å²) >= 11 is 8.81. The molecule has 0 fully saturated rings. The van der Waals surface area contributed by atoms with Gasteiger partial charge in [-0.15, -0.1) is 36.2 Å². The van der Waals surface area contributed by atoms with Gasteiger partial charge in [-0.25, -0.2) is 9.97 Å². The molecule has 0 saturated carbocycles. The molecule has 53 heavy (non-hydrogen) atoms. The average molecular weight is 820 g/mol. The van der Waals surface area contributed by atoms with Crippen molar-refractivity contribution in [1.82, 2.24) is 20.6 Å². The lowest BCUT2D eigenvalue weighted by Gasteiger charge is -2.20. The third-order valence-corrected chi connectivity index (χ3v) is 9.51. The minimum absolute atomic E-state index is 0. The van der Waals surface area contributed by atoms with Crippen LogP contribution in [0.25, 0.3) is 21.7 Å². The Hall–Kier alpha value is -4.81. The molecular weight excluding hydrogens is 783 g/mol. The zero-order valence-corrected chi connectivity index (χ0v) is 32.3. The number of thioether (sulfide) groups is 1. The number of carbonyl (C=O) groups is 2. The lowest BCUT2D eigenvalue weighted by molar-refractivity contribution is -0.141. The average Bonchev–Trinajstić information content (AvgIpc) is 3.59. The Morgan fingerprint density at radius 2 is 1.72 bits per heavy atom. The molecule has 280 valence electrons. The maximum Gasteiger partial charge on any atom is 0.325 e. The molecule has 0 spiro atoms. The Kier molecular flexibility index (Phi) is 18.1. The molecule has 2 aromatic heterocycles. The van der Waals surface area contributed by atoms with Crippen LogP contribution in [-0.2, 0) is 15.3 Å². The number of carboxylic acids is 1. The third kappa shape index (κ3) is 12.7. The molecule has 0 bridgehead atoms. The number of amides is 1. The highest BCUT2D eigenvalue weighted by Gasteiger charge is 2.23. The number of hydrogen-bond donors (Lipinski definition) is 6. The summed E-state index contributed by atoms with van der Waals surface area (Å²) in [6.07, 6.45) is 0.841. The molecule has 0 radical (unpaired) electrons. The highest BCUT2D eigenvalue weighted by Crippen LogP contribution is 2.37. The lowest BCUT2D eigenvalue weighted by Crippen LogP contribution is -2.50. The van der Waals surface area contributed by atoms with E-state index < -0.39 is 24.0 Å². The van der Waals surface area contributed by atoms with Crippen molar-refractivity contribution in [3.05, 3.63) is 75.8 Å². The van der Waals surface area contributed by atoms with Crippen molar-refractivity contribution in [2.45, 2.75) is 42.6 Å². The third-order valence-electron chi connectivity index (χ3n) is 7.31. The van der Waals surface area contributed by atoms with Crippen LogP contribution in [0.5, 0.6) is 5.75 Å². The van der Waals surface area contributed by atoms with Gasteiger partial charge < -0.3 is 37.7 Å². The van der Waals surface area contributed by atoms with Gasteiger partial charge in [-0.3, -0.25) is 14.6 Å². The number of nitrogens with zero attached hydrogens (tertiary/aromatic N) is 5. The number of benzene rings is 2. The number of guanidine groups is 1. The van der Waals surface area contributed by atoms with Crippen LogP contribution in [0.2, 0.25) is 5.02 Å². The molecule has 0 aliphatic heterocycles. The number of aliphatic imine (C=N–C) groups is 1. The standard InChI is InChI=1S/C34H35ClN10O4S2.2ClH/c1-19(33(47)48)43-30(46)27(3-2-12-42-34(39)40)41-13-14-49-24-10-6-20(7-11-24)28-25(15-36)29(38)45-32(26(28)16-37)51-18-23-17-50-31(44-23)21-4-8-22(35)9-5-21;;/h4-11,17,19,27,41H,2-3,12-14,18H2,1H3,(H2,38,45)(H,43,46)(H,47,48)(H4,39,40,42);2*1H/t19-,27+;;/m1../s1. The largest absolute Gasteiger partial charge is 0.492 e. The summed E-state index contributed by atoms with van der Waals surface area (Å²) in [5.74, 6) is -0.739. The smallest absolute Gasteiger partial charge is 0.325 e. The molecule has 2 aromatic carbocycles. The first-order valence-electron chi connectivity index (χ1n) is 15.5. The molecule has 2 heterocycles. The second kappa shape index (κ2) is 21.7. The van der Waals surface area contributed by atoms with Crippen LogP contribution in [0.1, 0.15) is 36.6 Å². The Morgan fingerprint density at radius 3 is 2.34 bits per heavy atom. The van der Waals surface area contributed by atoms with Gasteiger partial charge in [-0.2, -0.15) is 10.5 Å². The summed E-state index contributed by atoms with van der Waals surface area (Å²) in [5, 5.41) is 38.7. The van der Waals surface area contributed by atoms with Crippen LogP contribution in [0, 0.1) is 22.7 Å². The van der Waals surface area contributed by atoms with Gasteiger partial charge in [-0.05, 0) is 49.6 Å². The molecule has 19 heteroatoms. The summed E-state index contributed by atoms with van der Waals surface area (Å²) in [7, 11) is 0. The van der Waals surface area contributed by atoms with Gasteiger partial charge in [0.2, 0.25) is 5.91 Å². The van der Waals surface area contributed by atoms with Crippen molar-refractivity contribution in [1.29, 1.82) is 10.5 Å². The Morgan fingerprint density at radius 1 is 1.06 bits per heavy atom. The Balaban J connectivity index is 0.00000486. The number of nitrogen functional groups attached to an aromatic ring is 1. The minimum Gasteiger partial charge on any atom is -0.492 e. The summed E-state index contributed by atoms with van der Waals surface area (Å²) in [4.78, 5) is 36.9. The number of rotatable bonds is 17. The van der Waals surface area contributed by atoms with E-state index in [1.807, 2.05) is 17.5 Å². The fraction of sp³-hybridized carbons (Fsp3) is 0.265. The van der Waals surface area contributed by atoms with Crippen molar-refractivity contribution in [2.24, 2.45) is 16.5 Å². The second-order valence-electron chi connectivity index (χ2n) is 11.0. The van der Waals surface area contributed by atoms with E-state index in [0.29, 0.717) is 52.1 Å². The van der Waals surface area contributed by atoms with Gasteiger partial charge in [0.15, 0.2) is 5.96 Å². The van der Waals surface area contributed by atoms with Crippen LogP contribution < -0.4 is 32.6 Å².